The predicted octanol–water partition coefficient (Wildman–Crippen LogP) is 6.43. The molecule has 1 atom stereocenters. The smallest absolute Gasteiger partial charge is 0.0653 e. The van der Waals surface area contributed by atoms with Crippen LogP contribution in [0.3, 0.4) is 0 Å². The fourth-order valence-electron chi connectivity index (χ4n) is 3.05. The summed E-state index contributed by atoms with van der Waals surface area (Å²) in [5, 5.41) is 10.4. The highest BCUT2D eigenvalue weighted by molar-refractivity contribution is 5.26. The second-order valence-electron chi connectivity index (χ2n) is 8.34. The summed E-state index contributed by atoms with van der Waals surface area (Å²) in [5.41, 5.74) is 4.01. The van der Waals surface area contributed by atoms with Gasteiger partial charge < -0.3 is 16.0 Å². The fourth-order valence-corrected chi connectivity index (χ4v) is 3.05. The van der Waals surface area contributed by atoms with Crippen LogP contribution in [0.15, 0.2) is 49.0 Å². The third-order valence-electron chi connectivity index (χ3n) is 4.88. The standard InChI is InChI=1S/C25H47N3/c1-9-11-12-13-14-15-16-22(6)28-25(18-20(3)4)24(8)27-19-21(5)23(7)26-17-10-2/h20,25-28H,5-19H2,1-4H3/t25-/m0/s1. The molecule has 0 saturated heterocycles. The van der Waals surface area contributed by atoms with Gasteiger partial charge in [-0.15, -0.1) is 0 Å². The molecule has 0 radical (unpaired) electrons. The van der Waals surface area contributed by atoms with Crippen molar-refractivity contribution in [1.82, 2.24) is 16.0 Å². The van der Waals surface area contributed by atoms with E-state index >= 15 is 0 Å². The minimum absolute atomic E-state index is 0.192. The topological polar surface area (TPSA) is 36.1 Å². The molecule has 162 valence electrons. The molecule has 0 heterocycles. The van der Waals surface area contributed by atoms with Gasteiger partial charge in [-0.1, -0.05) is 86.1 Å². The lowest BCUT2D eigenvalue weighted by Crippen LogP contribution is -2.37. The van der Waals surface area contributed by atoms with Crippen molar-refractivity contribution in [3.63, 3.8) is 0 Å². The molecule has 0 bridgehead atoms. The van der Waals surface area contributed by atoms with Crippen molar-refractivity contribution >= 4 is 0 Å². The van der Waals surface area contributed by atoms with Crippen LogP contribution < -0.4 is 16.0 Å². The van der Waals surface area contributed by atoms with Crippen LogP contribution in [0.4, 0.5) is 0 Å². The highest BCUT2D eigenvalue weighted by Gasteiger charge is 2.15. The molecule has 0 unspecified atom stereocenters. The van der Waals surface area contributed by atoms with Gasteiger partial charge >= 0.3 is 0 Å². The molecule has 3 heteroatoms. The lowest BCUT2D eigenvalue weighted by Gasteiger charge is -2.26. The molecule has 3 N–H and O–H groups in total. The summed E-state index contributed by atoms with van der Waals surface area (Å²) in [7, 11) is 0. The average molecular weight is 390 g/mol. The molecule has 0 aliphatic carbocycles. The SMILES string of the molecule is C=C(CCCCCCCC)N[C@@H](CC(C)C)C(=C)NCC(=C)C(=C)NCCC. The van der Waals surface area contributed by atoms with Crippen LogP contribution in [0.25, 0.3) is 0 Å². The quantitative estimate of drug-likeness (QED) is 0.176. The van der Waals surface area contributed by atoms with Crippen molar-refractivity contribution in [1.29, 1.82) is 0 Å². The van der Waals surface area contributed by atoms with E-state index in [1.54, 1.807) is 0 Å². The van der Waals surface area contributed by atoms with Gasteiger partial charge in [0.25, 0.3) is 0 Å². The van der Waals surface area contributed by atoms with E-state index in [4.69, 9.17) is 0 Å². The van der Waals surface area contributed by atoms with Crippen LogP contribution in [0.1, 0.15) is 85.5 Å². The molecular formula is C25H47N3. The molecule has 28 heavy (non-hydrogen) atoms. The number of unbranched alkanes of at least 4 members (excludes halogenated alkanes) is 5. The van der Waals surface area contributed by atoms with Gasteiger partial charge in [0, 0.05) is 30.2 Å². The fraction of sp³-hybridized carbons (Fsp3) is 0.680. The Labute approximate surface area is 175 Å². The molecule has 0 aliphatic heterocycles. The summed E-state index contributed by atoms with van der Waals surface area (Å²) in [4.78, 5) is 0. The highest BCUT2D eigenvalue weighted by Crippen LogP contribution is 2.15. The predicted molar refractivity (Wildman–Crippen MR) is 127 cm³/mol. The first-order valence-electron chi connectivity index (χ1n) is 11.3. The molecule has 0 amide bonds. The van der Waals surface area contributed by atoms with Gasteiger partial charge in [-0.2, -0.15) is 0 Å². The van der Waals surface area contributed by atoms with Crippen molar-refractivity contribution in [2.45, 2.75) is 91.5 Å². The minimum atomic E-state index is 0.192. The Balaban J connectivity index is 4.39. The monoisotopic (exact) mass is 389 g/mol. The van der Waals surface area contributed by atoms with Crippen LogP contribution in [-0.2, 0) is 0 Å². The Morgan fingerprint density at radius 3 is 2.07 bits per heavy atom. The largest absolute Gasteiger partial charge is 0.385 e. The summed E-state index contributed by atoms with van der Waals surface area (Å²) < 4.78 is 0. The van der Waals surface area contributed by atoms with Crippen LogP contribution in [0, 0.1) is 5.92 Å². The average Bonchev–Trinajstić information content (AvgIpc) is 2.65. The summed E-state index contributed by atoms with van der Waals surface area (Å²) in [6.45, 7) is 27.2. The molecule has 0 aromatic carbocycles. The lowest BCUT2D eigenvalue weighted by atomic mass is 10.0. The maximum Gasteiger partial charge on any atom is 0.0653 e. The van der Waals surface area contributed by atoms with Crippen molar-refractivity contribution in [2.75, 3.05) is 13.1 Å². The maximum absolute atomic E-state index is 4.28. The molecule has 0 fully saturated rings. The molecule has 0 spiro atoms. The lowest BCUT2D eigenvalue weighted by molar-refractivity contribution is 0.463. The third kappa shape index (κ3) is 13.5. The van der Waals surface area contributed by atoms with Crippen molar-refractivity contribution in [3.8, 4) is 0 Å². The summed E-state index contributed by atoms with van der Waals surface area (Å²) in [6, 6.07) is 0.192. The number of nitrogens with one attached hydrogen (secondary N) is 3. The van der Waals surface area contributed by atoms with E-state index in [0.29, 0.717) is 12.5 Å². The maximum atomic E-state index is 4.28. The van der Waals surface area contributed by atoms with Gasteiger partial charge in [0.05, 0.1) is 6.04 Å². The van der Waals surface area contributed by atoms with Gasteiger partial charge in [0.15, 0.2) is 0 Å². The second kappa shape index (κ2) is 16.3. The van der Waals surface area contributed by atoms with E-state index in [1.807, 2.05) is 0 Å². The highest BCUT2D eigenvalue weighted by atomic mass is 15.0. The molecule has 0 aliphatic rings. The van der Waals surface area contributed by atoms with E-state index in [2.05, 4.69) is 70.0 Å². The number of rotatable bonds is 19. The summed E-state index contributed by atoms with van der Waals surface area (Å²) in [5.74, 6) is 0.585. The van der Waals surface area contributed by atoms with E-state index in [1.165, 1.54) is 38.5 Å². The minimum Gasteiger partial charge on any atom is -0.385 e. The van der Waals surface area contributed by atoms with Gasteiger partial charge in [-0.3, -0.25) is 0 Å². The Hall–Kier alpha value is -1.64. The van der Waals surface area contributed by atoms with Crippen molar-refractivity contribution in [3.05, 3.63) is 49.0 Å². The van der Waals surface area contributed by atoms with Gasteiger partial charge in [0.2, 0.25) is 0 Å². The normalized spacial score (nSPS) is 11.8. The Morgan fingerprint density at radius 1 is 0.821 bits per heavy atom. The summed E-state index contributed by atoms with van der Waals surface area (Å²) in [6.07, 6.45) is 11.0. The van der Waals surface area contributed by atoms with Crippen LogP contribution in [-0.4, -0.2) is 19.1 Å². The van der Waals surface area contributed by atoms with E-state index in [-0.39, 0.29) is 6.04 Å². The van der Waals surface area contributed by atoms with E-state index in [9.17, 15) is 0 Å². The van der Waals surface area contributed by atoms with Crippen LogP contribution in [0.5, 0.6) is 0 Å². The van der Waals surface area contributed by atoms with Crippen molar-refractivity contribution in [2.24, 2.45) is 5.92 Å². The molecular weight excluding hydrogens is 342 g/mol. The van der Waals surface area contributed by atoms with E-state index < -0.39 is 0 Å². The number of hydrogen-bond acceptors (Lipinski definition) is 3. The zero-order chi connectivity index (χ0) is 21.4. The van der Waals surface area contributed by atoms with E-state index in [0.717, 1.165) is 48.5 Å². The van der Waals surface area contributed by atoms with Crippen molar-refractivity contribution < 1.29 is 0 Å². The van der Waals surface area contributed by atoms with Crippen LogP contribution in [0.2, 0.25) is 0 Å². The number of hydrogen-bond donors (Lipinski definition) is 3. The van der Waals surface area contributed by atoms with Gasteiger partial charge in [0.1, 0.15) is 0 Å². The first-order valence-corrected chi connectivity index (χ1v) is 11.3. The Morgan fingerprint density at radius 2 is 1.46 bits per heavy atom. The van der Waals surface area contributed by atoms with Crippen LogP contribution >= 0.6 is 0 Å². The number of allylic oxidation sites excluding steroid dienone is 1. The third-order valence-corrected chi connectivity index (χ3v) is 4.88. The molecule has 0 saturated carbocycles. The Kier molecular flexibility index (Phi) is 15.4. The zero-order valence-electron chi connectivity index (χ0n) is 19.3. The second-order valence-corrected chi connectivity index (χ2v) is 8.34. The first-order chi connectivity index (χ1) is 13.3. The Bertz CT molecular complexity index is 476. The molecule has 0 aromatic heterocycles. The van der Waals surface area contributed by atoms with Gasteiger partial charge in [-0.05, 0) is 37.2 Å². The molecule has 0 aromatic rings. The molecule has 0 rings (SSSR count). The van der Waals surface area contributed by atoms with Gasteiger partial charge in [-0.25, -0.2) is 0 Å². The molecule has 3 nitrogen and oxygen atoms in total. The summed E-state index contributed by atoms with van der Waals surface area (Å²) >= 11 is 0. The zero-order valence-corrected chi connectivity index (χ0v) is 19.3. The first kappa shape index (κ1) is 26.4.